The molecule has 0 saturated heterocycles. The van der Waals surface area contributed by atoms with Crippen molar-refractivity contribution in [3.8, 4) is 10.8 Å². The number of carbonyl (C=O) groups excluding carboxylic acids is 1. The maximum absolute atomic E-state index is 14.0. The van der Waals surface area contributed by atoms with E-state index in [1.165, 1.54) is 28.6 Å². The highest BCUT2D eigenvalue weighted by Crippen LogP contribution is 2.32. The number of nitrogens with zero attached hydrogens (tertiary/aromatic N) is 2. The molecule has 2 aromatic heterocycles. The molecule has 0 unspecified atom stereocenters. The quantitative estimate of drug-likeness (QED) is 0.696. The third kappa shape index (κ3) is 2.50. The minimum absolute atomic E-state index is 0.240. The Morgan fingerprint density at radius 3 is 3.00 bits per heavy atom. The molecule has 0 radical (unpaired) electrons. The number of carbonyl (C=O) groups is 1. The molecule has 1 amide bonds. The topological polar surface area (TPSA) is 46.3 Å². The van der Waals surface area contributed by atoms with Gasteiger partial charge in [-0.1, -0.05) is 0 Å². The lowest BCUT2D eigenvalue weighted by atomic mass is 10.0. The molecule has 0 fully saturated rings. The summed E-state index contributed by atoms with van der Waals surface area (Å²) in [6.45, 7) is 0.405. The van der Waals surface area contributed by atoms with Crippen LogP contribution < -0.4 is 4.90 Å². The average Bonchev–Trinajstić information content (AvgIpc) is 3.25. The van der Waals surface area contributed by atoms with Gasteiger partial charge in [-0.25, -0.2) is 13.8 Å². The monoisotopic (exact) mass is 346 g/mol. The van der Waals surface area contributed by atoms with Gasteiger partial charge in [0.25, 0.3) is 5.91 Å². The van der Waals surface area contributed by atoms with Crippen molar-refractivity contribution < 1.29 is 18.0 Å². The predicted molar refractivity (Wildman–Crippen MR) is 86.2 cm³/mol. The zero-order chi connectivity index (χ0) is 16.7. The number of furan rings is 1. The van der Waals surface area contributed by atoms with Crippen molar-refractivity contribution in [3.05, 3.63) is 58.8 Å². The summed E-state index contributed by atoms with van der Waals surface area (Å²) in [6.07, 6.45) is 2.64. The van der Waals surface area contributed by atoms with E-state index in [0.717, 1.165) is 6.07 Å². The van der Waals surface area contributed by atoms with Gasteiger partial charge in [0.1, 0.15) is 17.3 Å². The number of rotatable bonds is 2. The minimum atomic E-state index is -0.694. The van der Waals surface area contributed by atoms with Crippen LogP contribution in [0.1, 0.15) is 22.5 Å². The molecule has 1 aliphatic heterocycles. The first-order valence-electron chi connectivity index (χ1n) is 7.42. The average molecular weight is 346 g/mol. The summed E-state index contributed by atoms with van der Waals surface area (Å²) < 4.78 is 32.8. The van der Waals surface area contributed by atoms with Gasteiger partial charge in [-0.15, -0.1) is 11.3 Å². The van der Waals surface area contributed by atoms with Crippen LogP contribution in [0.25, 0.3) is 10.8 Å². The van der Waals surface area contributed by atoms with E-state index in [9.17, 15) is 13.6 Å². The third-order valence-corrected chi connectivity index (χ3v) is 4.79. The second-order valence-corrected chi connectivity index (χ2v) is 6.32. The summed E-state index contributed by atoms with van der Waals surface area (Å²) in [5.74, 6) is -1.09. The number of hydrogen-bond donors (Lipinski definition) is 0. The third-order valence-electron chi connectivity index (χ3n) is 3.94. The van der Waals surface area contributed by atoms with E-state index in [2.05, 4.69) is 4.98 Å². The molecule has 122 valence electrons. The number of hydrogen-bond acceptors (Lipinski definition) is 4. The molecule has 1 aromatic carbocycles. The molecule has 0 bridgehead atoms. The second kappa shape index (κ2) is 5.83. The lowest BCUT2D eigenvalue weighted by Gasteiger charge is -2.29. The van der Waals surface area contributed by atoms with Gasteiger partial charge in [0.05, 0.1) is 12.0 Å². The standard InChI is InChI=1S/C17H12F2N2O2S/c18-10-7-12(19)11-3-1-5-21(14(11)8-10)17(22)13-9-24-16(20-13)15-4-2-6-23-15/h2,4,6-9H,1,3,5H2. The lowest BCUT2D eigenvalue weighted by Crippen LogP contribution is -2.36. The van der Waals surface area contributed by atoms with E-state index in [1.807, 2.05) is 0 Å². The zero-order valence-electron chi connectivity index (χ0n) is 12.5. The van der Waals surface area contributed by atoms with Crippen LogP contribution in [0.4, 0.5) is 14.5 Å². The van der Waals surface area contributed by atoms with Crippen molar-refractivity contribution in [2.75, 3.05) is 11.4 Å². The van der Waals surface area contributed by atoms with Crippen molar-refractivity contribution in [3.63, 3.8) is 0 Å². The Kier molecular flexibility index (Phi) is 3.65. The maximum Gasteiger partial charge on any atom is 0.277 e. The predicted octanol–water partition coefficient (Wildman–Crippen LogP) is 4.27. The van der Waals surface area contributed by atoms with Crippen LogP contribution in [0.15, 0.2) is 40.3 Å². The lowest BCUT2D eigenvalue weighted by molar-refractivity contribution is 0.0981. The molecule has 3 aromatic rings. The van der Waals surface area contributed by atoms with Crippen LogP contribution in [-0.4, -0.2) is 17.4 Å². The molecule has 7 heteroatoms. The summed E-state index contributed by atoms with van der Waals surface area (Å²) in [7, 11) is 0. The van der Waals surface area contributed by atoms with Gasteiger partial charge in [-0.2, -0.15) is 0 Å². The van der Waals surface area contributed by atoms with Gasteiger partial charge >= 0.3 is 0 Å². The zero-order valence-corrected chi connectivity index (χ0v) is 13.3. The molecule has 0 saturated carbocycles. The highest BCUT2D eigenvalue weighted by atomic mass is 32.1. The Bertz CT molecular complexity index is 905. The first kappa shape index (κ1) is 15.0. The summed E-state index contributed by atoms with van der Waals surface area (Å²) >= 11 is 1.29. The molecular weight excluding hydrogens is 334 g/mol. The van der Waals surface area contributed by atoms with Crippen LogP contribution in [0.3, 0.4) is 0 Å². The van der Waals surface area contributed by atoms with E-state index in [-0.39, 0.29) is 17.3 Å². The van der Waals surface area contributed by atoms with Crippen LogP contribution in [0.5, 0.6) is 0 Å². The molecule has 1 aliphatic rings. The highest BCUT2D eigenvalue weighted by Gasteiger charge is 2.28. The fourth-order valence-corrected chi connectivity index (χ4v) is 3.61. The highest BCUT2D eigenvalue weighted by molar-refractivity contribution is 7.13. The number of thiazole rings is 1. The maximum atomic E-state index is 14.0. The molecule has 3 heterocycles. The Morgan fingerprint density at radius 1 is 1.33 bits per heavy atom. The fraction of sp³-hybridized carbons (Fsp3) is 0.176. The molecule has 24 heavy (non-hydrogen) atoms. The van der Waals surface area contributed by atoms with Crippen molar-refractivity contribution in [2.45, 2.75) is 12.8 Å². The smallest absolute Gasteiger partial charge is 0.277 e. The van der Waals surface area contributed by atoms with E-state index < -0.39 is 11.6 Å². The normalized spacial score (nSPS) is 13.8. The number of fused-ring (bicyclic) bond motifs is 1. The SMILES string of the molecule is O=C(c1csc(-c2ccco2)n1)N1CCCc2c(F)cc(F)cc21. The molecule has 0 atom stereocenters. The summed E-state index contributed by atoms with van der Waals surface area (Å²) in [5, 5.41) is 2.22. The first-order valence-corrected chi connectivity index (χ1v) is 8.30. The molecule has 0 N–H and O–H groups in total. The van der Waals surface area contributed by atoms with Gasteiger partial charge in [-0.3, -0.25) is 4.79 Å². The largest absolute Gasteiger partial charge is 0.462 e. The molecule has 4 nitrogen and oxygen atoms in total. The Morgan fingerprint density at radius 2 is 2.21 bits per heavy atom. The van der Waals surface area contributed by atoms with Gasteiger partial charge in [0.2, 0.25) is 0 Å². The van der Waals surface area contributed by atoms with Crippen LogP contribution in [0.2, 0.25) is 0 Å². The number of aromatic nitrogens is 1. The van der Waals surface area contributed by atoms with Crippen molar-refractivity contribution >= 4 is 22.9 Å². The van der Waals surface area contributed by atoms with E-state index in [4.69, 9.17) is 4.42 Å². The van der Waals surface area contributed by atoms with Gasteiger partial charge in [0, 0.05) is 23.6 Å². The summed E-state index contributed by atoms with van der Waals surface area (Å²) in [6, 6.07) is 5.55. The van der Waals surface area contributed by atoms with Crippen LogP contribution >= 0.6 is 11.3 Å². The van der Waals surface area contributed by atoms with Crippen LogP contribution in [-0.2, 0) is 6.42 Å². The van der Waals surface area contributed by atoms with Gasteiger partial charge in [-0.05, 0) is 31.0 Å². The first-order chi connectivity index (χ1) is 11.6. The molecule has 0 spiro atoms. The van der Waals surface area contributed by atoms with E-state index in [1.54, 1.807) is 17.5 Å². The van der Waals surface area contributed by atoms with E-state index >= 15 is 0 Å². The van der Waals surface area contributed by atoms with Gasteiger partial charge < -0.3 is 9.32 Å². The van der Waals surface area contributed by atoms with Gasteiger partial charge in [0.15, 0.2) is 10.8 Å². The summed E-state index contributed by atoms with van der Waals surface area (Å²) in [4.78, 5) is 18.4. The van der Waals surface area contributed by atoms with Crippen LogP contribution in [0, 0.1) is 11.6 Å². The minimum Gasteiger partial charge on any atom is -0.462 e. The second-order valence-electron chi connectivity index (χ2n) is 5.46. The Labute approximate surface area is 140 Å². The number of anilines is 1. The number of halogens is 2. The Hall–Kier alpha value is -2.54. The van der Waals surface area contributed by atoms with E-state index in [0.29, 0.717) is 35.7 Å². The number of benzene rings is 1. The van der Waals surface area contributed by atoms with Crippen molar-refractivity contribution in [1.82, 2.24) is 4.98 Å². The molecular formula is C17H12F2N2O2S. The summed E-state index contributed by atoms with van der Waals surface area (Å²) in [5.41, 5.74) is 0.901. The fourth-order valence-electron chi connectivity index (χ4n) is 2.85. The number of amides is 1. The van der Waals surface area contributed by atoms with Crippen molar-refractivity contribution in [2.24, 2.45) is 0 Å². The van der Waals surface area contributed by atoms with Crippen molar-refractivity contribution in [1.29, 1.82) is 0 Å². The molecule has 4 rings (SSSR count). The Balaban J connectivity index is 1.69. The molecule has 0 aliphatic carbocycles.